The van der Waals surface area contributed by atoms with Gasteiger partial charge < -0.3 is 0 Å². The fourth-order valence-corrected chi connectivity index (χ4v) is 7.52. The van der Waals surface area contributed by atoms with Crippen molar-refractivity contribution in [2.45, 2.75) is 12.4 Å². The zero-order chi connectivity index (χ0) is 45.3. The Morgan fingerprint density at radius 2 is 1.23 bits per heavy atom. The zero-order valence-electron chi connectivity index (χ0n) is 31.3. The van der Waals surface area contributed by atoms with Crippen LogP contribution in [-0.2, 0) is 12.4 Å². The van der Waals surface area contributed by atoms with Crippen LogP contribution in [0.15, 0.2) is 109 Å². The first-order valence-corrected chi connectivity index (χ1v) is 17.4. The summed E-state index contributed by atoms with van der Waals surface area (Å²) in [4.78, 5) is 13.5. The topological polar surface area (TPSA) is 113 Å². The third-order valence-electron chi connectivity index (χ3n) is 9.71. The van der Waals surface area contributed by atoms with Crippen molar-refractivity contribution in [3.05, 3.63) is 216 Å². The van der Waals surface area contributed by atoms with Crippen LogP contribution in [0.1, 0.15) is 61.2 Å². The Kier molecular flexibility index (Phi) is 10.9. The predicted molar refractivity (Wildman–Crippen MR) is 218 cm³/mol. The average molecular weight is 821 g/mol. The SMILES string of the molecule is [C-]#[N+]C1=C(c2ccccc2)/C(=C(/C#N)c2cc([N+]#[C-])cc([N+]#[C-])c2)c2c1c(C(F)(F)F)c1c(c2C(F)(F)F)C(C#N)=C(C(=C)/C=C\C=C)/C1=C(/[N+]#[C-])c1cc(C#N)cc(C#N)c1. The van der Waals surface area contributed by atoms with E-state index >= 15 is 26.3 Å². The number of benzene rings is 4. The van der Waals surface area contributed by atoms with E-state index in [0.29, 0.717) is 0 Å². The van der Waals surface area contributed by atoms with Gasteiger partial charge in [-0.25, -0.2) is 19.4 Å². The van der Waals surface area contributed by atoms with Crippen molar-refractivity contribution in [1.82, 2.24) is 0 Å². The lowest BCUT2D eigenvalue weighted by molar-refractivity contribution is -0.141. The number of halogens is 6. The molecule has 0 amide bonds. The Morgan fingerprint density at radius 3 is 1.69 bits per heavy atom. The van der Waals surface area contributed by atoms with Crippen LogP contribution < -0.4 is 0 Å². The summed E-state index contributed by atoms with van der Waals surface area (Å²) in [6.45, 7) is 39.1. The molecular formula is C48H18F6N8. The second-order valence-electron chi connectivity index (χ2n) is 13.1. The van der Waals surface area contributed by atoms with E-state index in [4.69, 9.17) is 26.3 Å². The van der Waals surface area contributed by atoms with Gasteiger partial charge in [-0.1, -0.05) is 79.9 Å². The smallest absolute Gasteiger partial charge is 0.239 e. The molecule has 14 heteroatoms. The maximum atomic E-state index is 16.3. The minimum atomic E-state index is -5.68. The monoisotopic (exact) mass is 820 g/mol. The number of nitrogens with zero attached hydrogens (tertiary/aromatic N) is 8. The number of fused-ring (bicyclic) bond motifs is 2. The predicted octanol–water partition coefficient (Wildman–Crippen LogP) is 13.2. The molecule has 6 rings (SSSR count). The normalized spacial score (nSPS) is 14.5. The molecule has 0 spiro atoms. The number of allylic oxidation sites excluding steroid dienone is 10. The molecule has 0 unspecified atom stereocenters. The van der Waals surface area contributed by atoms with Crippen molar-refractivity contribution in [1.29, 1.82) is 21.0 Å². The molecule has 2 aliphatic carbocycles. The second-order valence-corrected chi connectivity index (χ2v) is 13.1. The Balaban J connectivity index is 2.06. The van der Waals surface area contributed by atoms with E-state index in [2.05, 4.69) is 32.5 Å². The van der Waals surface area contributed by atoms with E-state index < -0.39 is 90.6 Å². The molecule has 4 aromatic rings. The third-order valence-corrected chi connectivity index (χ3v) is 9.71. The molecule has 292 valence electrons. The van der Waals surface area contributed by atoms with Crippen LogP contribution in [0, 0.1) is 71.6 Å². The Hall–Kier alpha value is -9.44. The Labute approximate surface area is 349 Å². The molecule has 0 heterocycles. The molecule has 0 saturated heterocycles. The van der Waals surface area contributed by atoms with Crippen molar-refractivity contribution in [3.63, 3.8) is 0 Å². The molecule has 0 aromatic heterocycles. The summed E-state index contributed by atoms with van der Waals surface area (Å²) < 4.78 is 98.1. The molecule has 4 aromatic carbocycles. The number of alkyl halides is 6. The first kappa shape index (κ1) is 42.2. The minimum absolute atomic E-state index is 0.0831. The van der Waals surface area contributed by atoms with E-state index in [1.165, 1.54) is 42.5 Å². The second kappa shape index (κ2) is 16.1. The molecule has 0 N–H and O–H groups in total. The molecule has 62 heavy (non-hydrogen) atoms. The fourth-order valence-electron chi connectivity index (χ4n) is 7.52. The molecule has 0 fully saturated rings. The van der Waals surface area contributed by atoms with Gasteiger partial charge in [-0.3, -0.25) is 0 Å². The van der Waals surface area contributed by atoms with Gasteiger partial charge in [0.25, 0.3) is 0 Å². The van der Waals surface area contributed by atoms with Crippen molar-refractivity contribution in [2.75, 3.05) is 0 Å². The van der Waals surface area contributed by atoms with Gasteiger partial charge in [0.05, 0.1) is 71.8 Å². The van der Waals surface area contributed by atoms with Crippen molar-refractivity contribution in [3.8, 4) is 24.3 Å². The Bertz CT molecular complexity index is 3200. The summed E-state index contributed by atoms with van der Waals surface area (Å²) in [5.41, 5.74) is -17.3. The van der Waals surface area contributed by atoms with Crippen molar-refractivity contribution in [2.24, 2.45) is 0 Å². The molecule has 0 atom stereocenters. The van der Waals surface area contributed by atoms with Crippen LogP contribution in [0.4, 0.5) is 37.7 Å². The van der Waals surface area contributed by atoms with Gasteiger partial charge in [0.15, 0.2) is 11.4 Å². The fraction of sp³-hybridized carbons (Fsp3) is 0.0417. The van der Waals surface area contributed by atoms with Crippen LogP contribution in [-0.4, -0.2) is 0 Å². The van der Waals surface area contributed by atoms with Crippen LogP contribution >= 0.6 is 0 Å². The summed E-state index contributed by atoms with van der Waals surface area (Å²) in [5, 5.41) is 41.2. The van der Waals surface area contributed by atoms with Crippen molar-refractivity contribution < 1.29 is 26.3 Å². The van der Waals surface area contributed by atoms with Gasteiger partial charge >= 0.3 is 12.4 Å². The average Bonchev–Trinajstić information content (AvgIpc) is 3.76. The minimum Gasteiger partial charge on any atom is -0.239 e. The largest absolute Gasteiger partial charge is 0.417 e. The lowest BCUT2D eigenvalue weighted by Gasteiger charge is -2.26. The number of rotatable bonds is 6. The van der Waals surface area contributed by atoms with Gasteiger partial charge in [0, 0.05) is 11.1 Å². The van der Waals surface area contributed by atoms with Gasteiger partial charge in [0.2, 0.25) is 11.4 Å². The lowest BCUT2D eigenvalue weighted by Crippen LogP contribution is -2.20. The van der Waals surface area contributed by atoms with Crippen molar-refractivity contribution >= 4 is 50.6 Å². The molecule has 0 saturated carbocycles. The van der Waals surface area contributed by atoms with Crippen LogP contribution in [0.25, 0.3) is 58.6 Å². The number of hydrogen-bond donors (Lipinski definition) is 0. The number of nitriles is 4. The lowest BCUT2D eigenvalue weighted by atomic mass is 9.81. The van der Waals surface area contributed by atoms with E-state index in [1.807, 2.05) is 0 Å². The van der Waals surface area contributed by atoms with Crippen LogP contribution in [0.2, 0.25) is 0 Å². The number of hydrogen-bond acceptors (Lipinski definition) is 4. The molecule has 0 aliphatic heterocycles. The molecular weight excluding hydrogens is 803 g/mol. The highest BCUT2D eigenvalue weighted by atomic mass is 19.4. The van der Waals surface area contributed by atoms with Gasteiger partial charge in [-0.05, 0) is 73.9 Å². The standard InChI is InChI=1S/C48H18F6N8/c1-7-8-12-25(2)35-34(24-58)38-40(41(35)45(61-5)30-16-26(21-55)15-27(17-30)22-56)44(48(52,53)54)42-39(43(38)47(49,50)51)37(36(46(42)62-6)28-13-10-9-11-14-28)33(23-57)29-18-31(59-3)20-32(19-29)60-4/h7-20H,1-2H2/b12-8-,37-33+,45-41-. The maximum absolute atomic E-state index is 16.3. The summed E-state index contributed by atoms with van der Waals surface area (Å²) in [6.07, 6.45) is -7.77. The zero-order valence-corrected chi connectivity index (χ0v) is 31.3. The van der Waals surface area contributed by atoms with Crippen LogP contribution in [0.3, 0.4) is 0 Å². The van der Waals surface area contributed by atoms with E-state index in [0.717, 1.165) is 42.5 Å². The molecule has 0 bridgehead atoms. The molecule has 8 nitrogen and oxygen atoms in total. The van der Waals surface area contributed by atoms with Gasteiger partial charge in [-0.15, -0.1) is 0 Å². The van der Waals surface area contributed by atoms with E-state index in [-0.39, 0.29) is 44.8 Å². The Morgan fingerprint density at radius 1 is 0.661 bits per heavy atom. The maximum Gasteiger partial charge on any atom is 0.417 e. The summed E-state index contributed by atoms with van der Waals surface area (Å²) >= 11 is 0. The van der Waals surface area contributed by atoms with Gasteiger partial charge in [0.1, 0.15) is 12.1 Å². The highest BCUT2D eigenvalue weighted by molar-refractivity contribution is 6.32. The first-order valence-electron chi connectivity index (χ1n) is 17.4. The van der Waals surface area contributed by atoms with Gasteiger partial charge in [-0.2, -0.15) is 47.4 Å². The first-order chi connectivity index (χ1) is 29.6. The molecule has 2 aliphatic rings. The van der Waals surface area contributed by atoms with E-state index in [9.17, 15) is 21.0 Å². The highest BCUT2D eigenvalue weighted by Gasteiger charge is 2.53. The molecule has 0 radical (unpaired) electrons. The summed E-state index contributed by atoms with van der Waals surface area (Å²) in [6, 6.07) is 20.4. The summed E-state index contributed by atoms with van der Waals surface area (Å²) in [5.74, 6) is 0. The highest BCUT2D eigenvalue weighted by Crippen LogP contribution is 2.63. The quantitative estimate of drug-likeness (QED) is 0.0834. The van der Waals surface area contributed by atoms with Crippen LogP contribution in [0.5, 0.6) is 0 Å². The third kappa shape index (κ3) is 6.86. The van der Waals surface area contributed by atoms with E-state index in [1.54, 1.807) is 24.3 Å². The summed E-state index contributed by atoms with van der Waals surface area (Å²) in [7, 11) is 0.